The molecule has 2 aromatic heterocycles. The van der Waals surface area contributed by atoms with Gasteiger partial charge in [-0.25, -0.2) is 14.8 Å². The minimum absolute atomic E-state index is 0.0375. The standard InChI is InChI=1S/C45H54N8O4/c1-5-24-51(25-6-2)30(3)43(54)52-26-10-14-38(52)41-46-28-36(48-41)33-20-16-31(17-21-33)32-18-22-34(23-19-32)37-29-47-42(49-37)39-15-11-27-53(39)44(55)40(50-45(56)57-4)35-12-8-7-9-13-35/h7-9,12-13,16-23,28-30,38-40H,5-6,10-11,14-15,24-27H2,1-4H3,(H,46,48)(H,47,49)(H,50,56)/t30-,38+,39+,40-/m1/s1. The molecule has 12 nitrogen and oxygen atoms in total. The molecule has 0 unspecified atom stereocenters. The molecule has 4 heterocycles. The van der Waals surface area contributed by atoms with Crippen molar-refractivity contribution in [3.63, 3.8) is 0 Å². The van der Waals surface area contributed by atoms with Gasteiger partial charge in [-0.1, -0.05) is 92.7 Å². The molecule has 3 N–H and O–H groups in total. The zero-order valence-electron chi connectivity index (χ0n) is 33.4. The van der Waals surface area contributed by atoms with Gasteiger partial charge < -0.3 is 29.8 Å². The van der Waals surface area contributed by atoms with E-state index in [-0.39, 0.29) is 29.9 Å². The Hall–Kier alpha value is -5.75. The van der Waals surface area contributed by atoms with E-state index in [1.165, 1.54) is 7.11 Å². The minimum Gasteiger partial charge on any atom is -0.453 e. The van der Waals surface area contributed by atoms with Crippen molar-refractivity contribution in [2.75, 3.05) is 33.3 Å². The number of hydrogen-bond acceptors (Lipinski definition) is 7. The summed E-state index contributed by atoms with van der Waals surface area (Å²) in [4.78, 5) is 62.4. The quantitative estimate of drug-likeness (QED) is 0.104. The zero-order valence-corrected chi connectivity index (χ0v) is 33.4. The molecule has 298 valence electrons. The Morgan fingerprint density at radius 3 is 1.68 bits per heavy atom. The largest absolute Gasteiger partial charge is 0.453 e. The summed E-state index contributed by atoms with van der Waals surface area (Å²) in [7, 11) is 1.29. The van der Waals surface area contributed by atoms with Crippen molar-refractivity contribution in [3.05, 3.63) is 108 Å². The average Bonchev–Trinajstić information content (AvgIpc) is 4.10. The van der Waals surface area contributed by atoms with Crippen LogP contribution in [0.1, 0.15) is 94.6 Å². The summed E-state index contributed by atoms with van der Waals surface area (Å²) < 4.78 is 4.83. The number of H-pyrrole nitrogens is 2. The van der Waals surface area contributed by atoms with Crippen LogP contribution in [0.5, 0.6) is 0 Å². The molecular formula is C45H54N8O4. The fourth-order valence-corrected chi connectivity index (χ4v) is 8.36. The molecule has 2 aliphatic rings. The van der Waals surface area contributed by atoms with Crippen LogP contribution < -0.4 is 5.32 Å². The fraction of sp³-hybridized carbons (Fsp3) is 0.400. The predicted molar refractivity (Wildman–Crippen MR) is 221 cm³/mol. The van der Waals surface area contributed by atoms with Gasteiger partial charge in [-0.05, 0) is 86.4 Å². The summed E-state index contributed by atoms with van der Waals surface area (Å²) >= 11 is 0. The van der Waals surface area contributed by atoms with E-state index in [4.69, 9.17) is 14.7 Å². The molecule has 2 saturated heterocycles. The van der Waals surface area contributed by atoms with Crippen LogP contribution in [0.15, 0.2) is 91.3 Å². The topological polar surface area (TPSA) is 140 Å². The van der Waals surface area contributed by atoms with Gasteiger partial charge in [0.1, 0.15) is 17.7 Å². The molecule has 7 rings (SSSR count). The number of imidazole rings is 2. The van der Waals surface area contributed by atoms with Gasteiger partial charge in [0, 0.05) is 13.1 Å². The zero-order chi connectivity index (χ0) is 39.9. The van der Waals surface area contributed by atoms with Crippen LogP contribution in [-0.4, -0.2) is 91.9 Å². The lowest BCUT2D eigenvalue weighted by Gasteiger charge is -2.33. The van der Waals surface area contributed by atoms with E-state index < -0.39 is 12.1 Å². The highest BCUT2D eigenvalue weighted by atomic mass is 16.5. The van der Waals surface area contributed by atoms with Crippen molar-refractivity contribution in [1.82, 2.24) is 40.0 Å². The lowest BCUT2D eigenvalue weighted by atomic mass is 10.0. The molecule has 0 saturated carbocycles. The van der Waals surface area contributed by atoms with Crippen LogP contribution >= 0.6 is 0 Å². The summed E-state index contributed by atoms with van der Waals surface area (Å²) in [6.07, 6.45) is 8.57. The second-order valence-corrected chi connectivity index (χ2v) is 15.1. The van der Waals surface area contributed by atoms with E-state index in [9.17, 15) is 14.4 Å². The van der Waals surface area contributed by atoms with Crippen molar-refractivity contribution in [1.29, 1.82) is 0 Å². The van der Waals surface area contributed by atoms with E-state index in [0.717, 1.165) is 103 Å². The second-order valence-electron chi connectivity index (χ2n) is 15.1. The lowest BCUT2D eigenvalue weighted by Crippen LogP contribution is -2.47. The van der Waals surface area contributed by atoms with Gasteiger partial charge in [-0.3, -0.25) is 14.5 Å². The Balaban J connectivity index is 1.00. The maximum atomic E-state index is 13.9. The number of alkyl carbamates (subject to hydrolysis) is 1. The molecule has 0 spiro atoms. The molecule has 0 radical (unpaired) electrons. The molecule has 5 aromatic rings. The molecule has 57 heavy (non-hydrogen) atoms. The number of nitrogens with zero attached hydrogens (tertiary/aromatic N) is 5. The average molecular weight is 771 g/mol. The summed E-state index contributed by atoms with van der Waals surface area (Å²) in [5.41, 5.74) is 6.69. The monoisotopic (exact) mass is 770 g/mol. The molecule has 2 aliphatic heterocycles. The number of methoxy groups -OCH3 is 1. The minimum atomic E-state index is -0.867. The van der Waals surface area contributed by atoms with Crippen LogP contribution in [0.2, 0.25) is 0 Å². The van der Waals surface area contributed by atoms with E-state index in [1.807, 2.05) is 54.5 Å². The number of aromatic amines is 2. The first-order chi connectivity index (χ1) is 27.8. The Labute approximate surface area is 335 Å². The van der Waals surface area contributed by atoms with Crippen LogP contribution in [0.3, 0.4) is 0 Å². The third-order valence-corrected chi connectivity index (χ3v) is 11.4. The number of carbonyl (C=O) groups excluding carboxylic acids is 3. The molecule has 3 amide bonds. The summed E-state index contributed by atoms with van der Waals surface area (Å²) in [6, 6.07) is 24.7. The first kappa shape index (κ1) is 39.5. The third kappa shape index (κ3) is 8.66. The van der Waals surface area contributed by atoms with Gasteiger partial charge in [0.25, 0.3) is 5.91 Å². The normalized spacial score (nSPS) is 17.8. The Bertz CT molecular complexity index is 2110. The first-order valence-corrected chi connectivity index (χ1v) is 20.3. The molecule has 0 bridgehead atoms. The number of rotatable bonds is 14. The van der Waals surface area contributed by atoms with Crippen molar-refractivity contribution in [2.24, 2.45) is 0 Å². The Morgan fingerprint density at radius 1 is 0.737 bits per heavy atom. The smallest absolute Gasteiger partial charge is 0.407 e. The van der Waals surface area contributed by atoms with Crippen molar-refractivity contribution >= 4 is 17.9 Å². The van der Waals surface area contributed by atoms with Gasteiger partial charge in [-0.2, -0.15) is 0 Å². The SMILES string of the molecule is CCCN(CCC)[C@H](C)C(=O)N1CCC[C@H]1c1ncc(-c2ccc(-c3ccc(-c4cnc([C@@H]5CCCN5C(=O)[C@H](NC(=O)OC)c5ccccc5)[nH]4)cc3)cc2)[nH]1. The number of nitrogens with one attached hydrogen (secondary N) is 3. The number of aromatic nitrogens is 4. The molecule has 4 atom stereocenters. The number of carbonyl (C=O) groups is 3. The third-order valence-electron chi connectivity index (χ3n) is 11.4. The molecule has 0 aliphatic carbocycles. The van der Waals surface area contributed by atoms with Crippen molar-refractivity contribution in [2.45, 2.75) is 83.5 Å². The van der Waals surface area contributed by atoms with E-state index in [2.05, 4.69) is 82.6 Å². The number of hydrogen-bond donors (Lipinski definition) is 3. The highest BCUT2D eigenvalue weighted by molar-refractivity contribution is 5.87. The van der Waals surface area contributed by atoms with Gasteiger partial charge in [0.05, 0.1) is 49.0 Å². The van der Waals surface area contributed by atoms with Gasteiger partial charge >= 0.3 is 6.09 Å². The lowest BCUT2D eigenvalue weighted by molar-refractivity contribution is -0.137. The summed E-state index contributed by atoms with van der Waals surface area (Å²) in [5.74, 6) is 1.56. The van der Waals surface area contributed by atoms with E-state index in [0.29, 0.717) is 12.1 Å². The highest BCUT2D eigenvalue weighted by Gasteiger charge is 2.38. The number of likely N-dealkylation sites (tertiary alicyclic amines) is 2. The molecule has 3 aromatic carbocycles. The summed E-state index contributed by atoms with van der Waals surface area (Å²) in [5, 5.41) is 2.72. The van der Waals surface area contributed by atoms with Gasteiger partial charge in [0.2, 0.25) is 5.91 Å². The van der Waals surface area contributed by atoms with Crippen LogP contribution in [0.25, 0.3) is 33.6 Å². The summed E-state index contributed by atoms with van der Waals surface area (Å²) in [6.45, 7) is 9.56. The predicted octanol–water partition coefficient (Wildman–Crippen LogP) is 8.07. The van der Waals surface area contributed by atoms with Crippen LogP contribution in [-0.2, 0) is 14.3 Å². The molecule has 12 heteroatoms. The van der Waals surface area contributed by atoms with Crippen molar-refractivity contribution in [3.8, 4) is 33.6 Å². The number of amides is 3. The highest BCUT2D eigenvalue weighted by Crippen LogP contribution is 2.36. The van der Waals surface area contributed by atoms with Gasteiger partial charge in [0.15, 0.2) is 0 Å². The van der Waals surface area contributed by atoms with Crippen LogP contribution in [0, 0.1) is 0 Å². The molecule has 2 fully saturated rings. The maximum absolute atomic E-state index is 13.9. The first-order valence-electron chi connectivity index (χ1n) is 20.3. The second kappa shape index (κ2) is 18.0. The van der Waals surface area contributed by atoms with E-state index in [1.54, 1.807) is 4.90 Å². The number of benzene rings is 3. The van der Waals surface area contributed by atoms with Crippen molar-refractivity contribution < 1.29 is 19.1 Å². The maximum Gasteiger partial charge on any atom is 0.407 e. The van der Waals surface area contributed by atoms with E-state index >= 15 is 0 Å². The number of ether oxygens (including phenoxy) is 1. The van der Waals surface area contributed by atoms with Gasteiger partial charge in [-0.15, -0.1) is 0 Å². The van der Waals surface area contributed by atoms with Crippen LogP contribution in [0.4, 0.5) is 4.79 Å². The molecular weight excluding hydrogens is 717 g/mol. The Kier molecular flexibility index (Phi) is 12.5. The Morgan fingerprint density at radius 2 is 1.21 bits per heavy atom. The fourth-order valence-electron chi connectivity index (χ4n) is 8.36.